The van der Waals surface area contributed by atoms with Gasteiger partial charge in [-0.15, -0.1) is 0 Å². The number of amides is 1. The molecule has 0 aliphatic carbocycles. The monoisotopic (exact) mass is 428 g/mol. The summed E-state index contributed by atoms with van der Waals surface area (Å²) in [6.07, 6.45) is -4.31. The van der Waals surface area contributed by atoms with E-state index in [1.54, 1.807) is 0 Å². The first-order valence-corrected chi connectivity index (χ1v) is 8.72. The van der Waals surface area contributed by atoms with Gasteiger partial charge in [-0.05, 0) is 19.1 Å². The number of nitrogens with one attached hydrogen (secondary N) is 1. The van der Waals surface area contributed by atoms with Gasteiger partial charge in [-0.25, -0.2) is 18.9 Å². The van der Waals surface area contributed by atoms with Crippen molar-refractivity contribution >= 4 is 28.3 Å². The van der Waals surface area contributed by atoms with Gasteiger partial charge in [-0.1, -0.05) is 23.5 Å². The second-order valence-electron chi connectivity index (χ2n) is 5.65. The SMILES string of the molecule is COC(=O)c1sc(NC(=O)c2cnn(-c3ccccc3F)c2C(F)(F)F)nc1C. The minimum absolute atomic E-state index is 0.0975. The number of hydrogen-bond donors (Lipinski definition) is 1. The number of aryl methyl sites for hydroxylation is 1. The lowest BCUT2D eigenvalue weighted by atomic mass is 10.2. The van der Waals surface area contributed by atoms with Crippen molar-refractivity contribution in [2.75, 3.05) is 12.4 Å². The highest BCUT2D eigenvalue weighted by Gasteiger charge is 2.41. The Morgan fingerprint density at radius 1 is 1.24 bits per heavy atom. The Labute approximate surface area is 164 Å². The molecule has 3 aromatic rings. The molecule has 1 aromatic carbocycles. The number of carbonyl (C=O) groups excluding carboxylic acids is 2. The maximum Gasteiger partial charge on any atom is 0.434 e. The van der Waals surface area contributed by atoms with Crippen molar-refractivity contribution in [3.63, 3.8) is 0 Å². The Kier molecular flexibility index (Phi) is 5.38. The highest BCUT2D eigenvalue weighted by molar-refractivity contribution is 7.17. The van der Waals surface area contributed by atoms with Gasteiger partial charge < -0.3 is 4.74 Å². The van der Waals surface area contributed by atoms with Crippen molar-refractivity contribution in [1.82, 2.24) is 14.8 Å². The van der Waals surface area contributed by atoms with Gasteiger partial charge in [0.05, 0.1) is 24.6 Å². The quantitative estimate of drug-likeness (QED) is 0.504. The number of nitrogens with zero attached hydrogens (tertiary/aromatic N) is 3. The van der Waals surface area contributed by atoms with E-state index in [1.807, 2.05) is 0 Å². The standard InChI is InChI=1S/C17H12F4N4O3S/c1-8-12(15(27)28-2)29-16(23-8)24-14(26)9-7-22-25(13(9)17(19,20)21)11-6-4-3-5-10(11)18/h3-7H,1-2H3,(H,23,24,26). The fraction of sp³-hybridized carbons (Fsp3) is 0.176. The topological polar surface area (TPSA) is 86.1 Å². The van der Waals surface area contributed by atoms with Crippen LogP contribution < -0.4 is 5.32 Å². The van der Waals surface area contributed by atoms with Gasteiger partial charge in [0.2, 0.25) is 0 Å². The number of thiazole rings is 1. The Hall–Kier alpha value is -3.28. The van der Waals surface area contributed by atoms with E-state index in [1.165, 1.54) is 19.1 Å². The number of esters is 1. The van der Waals surface area contributed by atoms with Crippen LogP contribution in [-0.2, 0) is 10.9 Å². The summed E-state index contributed by atoms with van der Waals surface area (Å²) in [7, 11) is 1.16. The minimum atomic E-state index is -5.00. The molecule has 7 nitrogen and oxygen atoms in total. The van der Waals surface area contributed by atoms with Crippen molar-refractivity contribution in [3.8, 4) is 5.69 Å². The molecule has 2 aromatic heterocycles. The molecule has 0 spiro atoms. The van der Waals surface area contributed by atoms with E-state index in [0.717, 1.165) is 30.6 Å². The predicted molar refractivity (Wildman–Crippen MR) is 94.7 cm³/mol. The number of halogens is 4. The zero-order valence-electron chi connectivity index (χ0n) is 14.9. The van der Waals surface area contributed by atoms with Crippen molar-refractivity contribution in [2.45, 2.75) is 13.1 Å². The Balaban J connectivity index is 2.00. The summed E-state index contributed by atoms with van der Waals surface area (Å²) in [6, 6.07) is 4.73. The zero-order chi connectivity index (χ0) is 21.3. The van der Waals surface area contributed by atoms with Crippen molar-refractivity contribution < 1.29 is 31.9 Å². The molecule has 12 heteroatoms. The minimum Gasteiger partial charge on any atom is -0.465 e. The largest absolute Gasteiger partial charge is 0.465 e. The first-order valence-electron chi connectivity index (χ1n) is 7.90. The van der Waals surface area contributed by atoms with Gasteiger partial charge in [0, 0.05) is 0 Å². The molecule has 0 unspecified atom stereocenters. The summed E-state index contributed by atoms with van der Waals surface area (Å²) in [6.45, 7) is 1.48. The molecule has 1 N–H and O–H groups in total. The number of anilines is 1. The van der Waals surface area contributed by atoms with Gasteiger partial charge in [0.25, 0.3) is 5.91 Å². The van der Waals surface area contributed by atoms with E-state index in [0.29, 0.717) is 10.9 Å². The lowest BCUT2D eigenvalue weighted by molar-refractivity contribution is -0.143. The van der Waals surface area contributed by atoms with Crippen molar-refractivity contribution in [2.24, 2.45) is 0 Å². The molecule has 0 aliphatic rings. The molecule has 0 saturated carbocycles. The third kappa shape index (κ3) is 3.97. The van der Waals surface area contributed by atoms with Crippen LogP contribution in [0.1, 0.15) is 31.4 Å². The molecule has 0 bridgehead atoms. The number of rotatable bonds is 4. The molecule has 0 aliphatic heterocycles. The zero-order valence-corrected chi connectivity index (χ0v) is 15.7. The van der Waals surface area contributed by atoms with E-state index in [4.69, 9.17) is 0 Å². The van der Waals surface area contributed by atoms with E-state index in [2.05, 4.69) is 20.1 Å². The molecule has 3 rings (SSSR count). The number of aromatic nitrogens is 3. The van der Waals surface area contributed by atoms with Gasteiger partial charge in [0.1, 0.15) is 16.4 Å². The van der Waals surface area contributed by atoms with Crippen LogP contribution in [0.3, 0.4) is 0 Å². The van der Waals surface area contributed by atoms with E-state index in [-0.39, 0.29) is 15.7 Å². The molecular formula is C17H12F4N4O3S. The van der Waals surface area contributed by atoms with Crippen LogP contribution in [-0.4, -0.2) is 33.8 Å². The average Bonchev–Trinajstić information content (AvgIpc) is 3.25. The van der Waals surface area contributed by atoms with E-state index >= 15 is 0 Å². The summed E-state index contributed by atoms with van der Waals surface area (Å²) in [5.74, 6) is -2.79. The van der Waals surface area contributed by atoms with Crippen LogP contribution in [0.15, 0.2) is 30.5 Å². The van der Waals surface area contributed by atoms with E-state index < -0.39 is 40.8 Å². The summed E-state index contributed by atoms with van der Waals surface area (Å²) >= 11 is 0.748. The van der Waals surface area contributed by atoms with Crippen molar-refractivity contribution in [3.05, 3.63) is 58.1 Å². The molecule has 0 saturated heterocycles. The second-order valence-corrected chi connectivity index (χ2v) is 6.65. The Morgan fingerprint density at radius 3 is 2.55 bits per heavy atom. The fourth-order valence-electron chi connectivity index (χ4n) is 2.49. The fourth-order valence-corrected chi connectivity index (χ4v) is 3.37. The van der Waals surface area contributed by atoms with Crippen LogP contribution in [0.25, 0.3) is 5.69 Å². The number of ether oxygens (including phenoxy) is 1. The van der Waals surface area contributed by atoms with Gasteiger partial charge in [0.15, 0.2) is 10.8 Å². The van der Waals surface area contributed by atoms with Crippen molar-refractivity contribution in [1.29, 1.82) is 0 Å². The highest BCUT2D eigenvalue weighted by Crippen LogP contribution is 2.34. The molecule has 1 amide bonds. The Bertz CT molecular complexity index is 1090. The first-order chi connectivity index (χ1) is 13.6. The smallest absolute Gasteiger partial charge is 0.434 e. The summed E-state index contributed by atoms with van der Waals surface area (Å²) in [4.78, 5) is 28.1. The maximum absolute atomic E-state index is 14.0. The second kappa shape index (κ2) is 7.62. The number of benzene rings is 1. The van der Waals surface area contributed by atoms with Gasteiger partial charge in [-0.2, -0.15) is 18.3 Å². The molecule has 29 heavy (non-hydrogen) atoms. The molecular weight excluding hydrogens is 416 g/mol. The summed E-state index contributed by atoms with van der Waals surface area (Å²) < 4.78 is 59.8. The maximum atomic E-state index is 14.0. The summed E-state index contributed by atoms with van der Waals surface area (Å²) in [5.41, 5.74) is -2.48. The lowest BCUT2D eigenvalue weighted by Crippen LogP contribution is -2.21. The van der Waals surface area contributed by atoms with Crippen LogP contribution in [0.5, 0.6) is 0 Å². The molecule has 0 radical (unpaired) electrons. The van der Waals surface area contributed by atoms with Gasteiger partial charge >= 0.3 is 12.1 Å². The third-order valence-corrected chi connectivity index (χ3v) is 4.80. The first kappa shape index (κ1) is 20.5. The number of alkyl halides is 3. The predicted octanol–water partition coefficient (Wildman–Crippen LogP) is 3.83. The normalized spacial score (nSPS) is 11.4. The molecule has 2 heterocycles. The third-order valence-electron chi connectivity index (χ3n) is 3.75. The number of para-hydroxylation sites is 1. The highest BCUT2D eigenvalue weighted by atomic mass is 32.1. The molecule has 0 atom stereocenters. The Morgan fingerprint density at radius 2 is 1.93 bits per heavy atom. The lowest BCUT2D eigenvalue weighted by Gasteiger charge is -2.13. The number of hydrogen-bond acceptors (Lipinski definition) is 6. The van der Waals surface area contributed by atoms with Crippen LogP contribution in [0, 0.1) is 12.7 Å². The number of methoxy groups -OCH3 is 1. The molecule has 152 valence electrons. The van der Waals surface area contributed by atoms with E-state index in [9.17, 15) is 27.2 Å². The van der Waals surface area contributed by atoms with Gasteiger partial charge in [-0.3, -0.25) is 10.1 Å². The summed E-state index contributed by atoms with van der Waals surface area (Å²) in [5, 5.41) is 5.65. The van der Waals surface area contributed by atoms with Crippen LogP contribution in [0.2, 0.25) is 0 Å². The van der Waals surface area contributed by atoms with Crippen LogP contribution >= 0.6 is 11.3 Å². The van der Waals surface area contributed by atoms with Crippen LogP contribution in [0.4, 0.5) is 22.7 Å². The average molecular weight is 428 g/mol. The molecule has 0 fully saturated rings. The number of carbonyl (C=O) groups is 2.